The molecule has 2 aromatic carbocycles. The van der Waals surface area contributed by atoms with Crippen LogP contribution in [0, 0.1) is 0 Å². The van der Waals surface area contributed by atoms with Gasteiger partial charge in [-0.25, -0.2) is 4.98 Å². The minimum absolute atomic E-state index is 0. The number of nitrogens with one attached hydrogen (secondary N) is 1. The van der Waals surface area contributed by atoms with Crippen LogP contribution in [0.1, 0.15) is 50.5 Å². The maximum absolute atomic E-state index is 6.48. The van der Waals surface area contributed by atoms with Crippen LogP contribution < -0.4 is 61.7 Å². The van der Waals surface area contributed by atoms with Gasteiger partial charge in [-0.15, -0.1) is 5.69 Å². The standard InChI is InChI=1S/C30H36ClN4O2.K/c31-27-16-15-26(21-23(27)9-1-5-19-36-30-14-2-6-20-37-30)34-33-25-11-7-10-24(22-25)28-12-8-13-29(32-28)35-17-3-4-18-35;/h7-8,10-13,15-16,21-22,30,34H,1-6,9,14,17-20H2;/q-1;+1. The van der Waals surface area contributed by atoms with E-state index in [0.29, 0.717) is 0 Å². The third-order valence-electron chi connectivity index (χ3n) is 6.95. The van der Waals surface area contributed by atoms with Crippen molar-refractivity contribution in [2.75, 3.05) is 36.6 Å². The van der Waals surface area contributed by atoms with Crippen molar-refractivity contribution in [3.8, 4) is 11.3 Å². The molecule has 2 aliphatic rings. The molecule has 196 valence electrons. The van der Waals surface area contributed by atoms with Crippen LogP contribution in [-0.2, 0) is 15.9 Å². The van der Waals surface area contributed by atoms with E-state index in [-0.39, 0.29) is 57.7 Å². The molecule has 0 spiro atoms. The van der Waals surface area contributed by atoms with Crippen LogP contribution in [0.15, 0.2) is 60.7 Å². The van der Waals surface area contributed by atoms with Crippen LogP contribution in [-0.4, -0.2) is 37.6 Å². The van der Waals surface area contributed by atoms with Gasteiger partial charge in [0, 0.05) is 37.0 Å². The molecule has 2 fully saturated rings. The molecular formula is C30H36ClKN4O2. The average molecular weight is 559 g/mol. The van der Waals surface area contributed by atoms with Crippen molar-refractivity contribution in [1.29, 1.82) is 0 Å². The van der Waals surface area contributed by atoms with Crippen molar-refractivity contribution in [3.05, 3.63) is 76.7 Å². The SMILES string of the molecule is Clc1ccc(N[N-]c2cccc(-c3cccc(N4CCCC4)n3)c2)cc1CCCCOC1CCCCO1.[K+]. The summed E-state index contributed by atoms with van der Waals surface area (Å²) in [7, 11) is 0. The number of aryl methyl sites for hydroxylation is 1. The van der Waals surface area contributed by atoms with Gasteiger partial charge in [0.05, 0.1) is 5.69 Å². The maximum atomic E-state index is 6.48. The molecule has 0 radical (unpaired) electrons. The summed E-state index contributed by atoms with van der Waals surface area (Å²) >= 11 is 6.48. The molecule has 8 heteroatoms. The van der Waals surface area contributed by atoms with E-state index in [4.69, 9.17) is 26.1 Å². The number of anilines is 2. The minimum atomic E-state index is -0.0187. The largest absolute Gasteiger partial charge is 1.00 e. The summed E-state index contributed by atoms with van der Waals surface area (Å²) in [6.45, 7) is 3.71. The fraction of sp³-hybridized carbons (Fsp3) is 0.433. The van der Waals surface area contributed by atoms with Gasteiger partial charge in [-0.2, -0.15) is 0 Å². The fourth-order valence-corrected chi connectivity index (χ4v) is 5.09. The zero-order valence-electron chi connectivity index (χ0n) is 22.4. The van der Waals surface area contributed by atoms with Crippen LogP contribution in [0.2, 0.25) is 5.02 Å². The van der Waals surface area contributed by atoms with Crippen molar-refractivity contribution in [2.24, 2.45) is 0 Å². The van der Waals surface area contributed by atoms with E-state index in [1.807, 2.05) is 24.3 Å². The molecule has 0 bridgehead atoms. The van der Waals surface area contributed by atoms with Crippen LogP contribution in [0.25, 0.3) is 16.7 Å². The number of nitrogens with zero attached hydrogens (tertiary/aromatic N) is 3. The average Bonchev–Trinajstić information content (AvgIpc) is 3.49. The number of hydrogen-bond donors (Lipinski definition) is 1. The van der Waals surface area contributed by atoms with E-state index in [1.54, 1.807) is 0 Å². The molecule has 0 saturated carbocycles. The number of pyridine rings is 1. The predicted molar refractivity (Wildman–Crippen MR) is 152 cm³/mol. The first kappa shape index (κ1) is 29.8. The number of ether oxygens (including phenoxy) is 2. The smallest absolute Gasteiger partial charge is 0.597 e. The van der Waals surface area contributed by atoms with Crippen molar-refractivity contribution >= 4 is 28.8 Å². The monoisotopic (exact) mass is 558 g/mol. The van der Waals surface area contributed by atoms with E-state index in [0.717, 1.165) is 97.4 Å². The van der Waals surface area contributed by atoms with Gasteiger partial charge in [0.1, 0.15) is 5.82 Å². The van der Waals surface area contributed by atoms with Gasteiger partial charge in [-0.3, -0.25) is 0 Å². The van der Waals surface area contributed by atoms with Crippen LogP contribution >= 0.6 is 11.6 Å². The Morgan fingerprint density at radius 2 is 1.87 bits per heavy atom. The van der Waals surface area contributed by atoms with E-state index < -0.39 is 0 Å². The molecule has 0 aliphatic carbocycles. The van der Waals surface area contributed by atoms with Crippen LogP contribution in [0.3, 0.4) is 0 Å². The van der Waals surface area contributed by atoms with E-state index in [1.165, 1.54) is 19.3 Å². The van der Waals surface area contributed by atoms with Gasteiger partial charge in [0.2, 0.25) is 0 Å². The zero-order valence-corrected chi connectivity index (χ0v) is 26.3. The second kappa shape index (κ2) is 15.6. The Labute approximate surface area is 274 Å². The van der Waals surface area contributed by atoms with Gasteiger partial charge in [0.25, 0.3) is 0 Å². The predicted octanol–water partition coefficient (Wildman–Crippen LogP) is 4.90. The van der Waals surface area contributed by atoms with Crippen molar-refractivity contribution in [1.82, 2.24) is 4.98 Å². The molecule has 0 amide bonds. The first-order valence-corrected chi connectivity index (χ1v) is 13.9. The second-order valence-electron chi connectivity index (χ2n) is 9.78. The summed E-state index contributed by atoms with van der Waals surface area (Å²) in [5, 5.41) is 0.785. The van der Waals surface area contributed by atoms with Crippen molar-refractivity contribution < 1.29 is 60.9 Å². The number of unbranched alkanes of at least 4 members (excludes halogenated alkanes) is 1. The first-order valence-electron chi connectivity index (χ1n) is 13.6. The molecule has 38 heavy (non-hydrogen) atoms. The maximum Gasteiger partial charge on any atom is 1.00 e. The normalized spacial score (nSPS) is 17.2. The molecule has 2 aliphatic heterocycles. The van der Waals surface area contributed by atoms with Crippen molar-refractivity contribution in [3.63, 3.8) is 0 Å². The molecule has 5 rings (SSSR count). The summed E-state index contributed by atoms with van der Waals surface area (Å²) in [4.78, 5) is 7.26. The zero-order chi connectivity index (χ0) is 25.3. The summed E-state index contributed by atoms with van der Waals surface area (Å²) in [5.74, 6) is 1.05. The summed E-state index contributed by atoms with van der Waals surface area (Å²) in [5.41, 5.74) is 12.7. The van der Waals surface area contributed by atoms with Crippen molar-refractivity contribution in [2.45, 2.75) is 57.7 Å². The quantitative estimate of drug-likeness (QED) is 0.206. The Bertz CT molecular complexity index is 1150. The van der Waals surface area contributed by atoms with E-state index in [2.05, 4.69) is 52.1 Å². The van der Waals surface area contributed by atoms with Crippen LogP contribution in [0.4, 0.5) is 17.2 Å². The Morgan fingerprint density at radius 3 is 2.71 bits per heavy atom. The molecule has 1 unspecified atom stereocenters. The van der Waals surface area contributed by atoms with Crippen LogP contribution in [0.5, 0.6) is 0 Å². The number of halogens is 1. The number of aromatic nitrogens is 1. The Hall–Kier alpha value is -1.16. The topological polar surface area (TPSA) is 60.7 Å². The number of rotatable bonds is 11. The van der Waals surface area contributed by atoms with E-state index >= 15 is 0 Å². The second-order valence-corrected chi connectivity index (χ2v) is 10.2. The molecule has 1 N–H and O–H groups in total. The Kier molecular flexibility index (Phi) is 12.2. The summed E-state index contributed by atoms with van der Waals surface area (Å²) < 4.78 is 11.5. The molecular weight excluding hydrogens is 523 g/mol. The van der Waals surface area contributed by atoms with Gasteiger partial charge >= 0.3 is 51.4 Å². The fourth-order valence-electron chi connectivity index (χ4n) is 4.88. The molecule has 2 saturated heterocycles. The summed E-state index contributed by atoms with van der Waals surface area (Å²) in [6, 6.07) is 20.4. The molecule has 3 heterocycles. The molecule has 3 aromatic rings. The van der Waals surface area contributed by atoms with Gasteiger partial charge in [-0.1, -0.05) is 41.9 Å². The molecule has 1 atom stereocenters. The van der Waals surface area contributed by atoms with Gasteiger partial charge in [0.15, 0.2) is 6.29 Å². The van der Waals surface area contributed by atoms with Gasteiger partial charge < -0.3 is 25.2 Å². The Morgan fingerprint density at radius 1 is 1.00 bits per heavy atom. The minimum Gasteiger partial charge on any atom is -0.597 e. The van der Waals surface area contributed by atoms with Gasteiger partial charge in [-0.05, 0) is 92.8 Å². The third-order valence-corrected chi connectivity index (χ3v) is 7.32. The summed E-state index contributed by atoms with van der Waals surface area (Å²) in [6.07, 6.45) is 8.70. The molecule has 6 nitrogen and oxygen atoms in total. The first-order chi connectivity index (χ1) is 18.2. The Balaban J connectivity index is 0.00000336. The molecule has 1 aromatic heterocycles. The third kappa shape index (κ3) is 8.67. The number of benzene rings is 2. The van der Waals surface area contributed by atoms with E-state index in [9.17, 15) is 0 Å². The number of hydrogen-bond acceptors (Lipinski definition) is 5.